The Kier molecular flexibility index (Phi) is 5.95. The number of ether oxygens (including phenoxy) is 1. The third-order valence-corrected chi connectivity index (χ3v) is 6.21. The maximum atomic E-state index is 13.4. The van der Waals surface area contributed by atoms with Crippen LogP contribution in [0.15, 0.2) is 18.2 Å². The summed E-state index contributed by atoms with van der Waals surface area (Å²) in [6.07, 6.45) is 3.64. The number of hydrogen-bond donors (Lipinski definition) is 0. The van der Waals surface area contributed by atoms with Gasteiger partial charge in [0.1, 0.15) is 0 Å². The highest BCUT2D eigenvalue weighted by molar-refractivity contribution is 7.09. The van der Waals surface area contributed by atoms with E-state index in [0.29, 0.717) is 11.4 Å². The lowest BCUT2D eigenvalue weighted by Gasteiger charge is -2.35. The molecule has 0 atom stereocenters. The first-order chi connectivity index (χ1) is 13.2. The van der Waals surface area contributed by atoms with Crippen LogP contribution in [0.25, 0.3) is 11.4 Å². The fourth-order valence-electron chi connectivity index (χ4n) is 3.66. The van der Waals surface area contributed by atoms with Gasteiger partial charge in [-0.3, -0.25) is 4.90 Å². The molecule has 2 aliphatic rings. The molecule has 2 saturated heterocycles. The normalized spacial score (nSPS) is 19.6. The quantitative estimate of drug-likeness (QED) is 0.777. The Labute approximate surface area is 162 Å². The van der Waals surface area contributed by atoms with Gasteiger partial charge >= 0.3 is 0 Å². The molecule has 2 aliphatic heterocycles. The third kappa shape index (κ3) is 4.62. The lowest BCUT2D eigenvalue weighted by molar-refractivity contribution is 0.0598. The minimum Gasteiger partial charge on any atom is -0.381 e. The Bertz CT molecular complexity index is 758. The van der Waals surface area contributed by atoms with Gasteiger partial charge in [-0.1, -0.05) is 0 Å². The topological polar surface area (TPSA) is 41.5 Å². The lowest BCUT2D eigenvalue weighted by Crippen LogP contribution is -2.47. The number of benzene rings is 1. The molecule has 146 valence electrons. The van der Waals surface area contributed by atoms with Gasteiger partial charge in [0.2, 0.25) is 5.13 Å². The van der Waals surface area contributed by atoms with Gasteiger partial charge in [0, 0.05) is 56.5 Å². The summed E-state index contributed by atoms with van der Waals surface area (Å²) < 4.78 is 36.3. The lowest BCUT2D eigenvalue weighted by atomic mass is 9.96. The van der Waals surface area contributed by atoms with Crippen LogP contribution in [0.3, 0.4) is 0 Å². The van der Waals surface area contributed by atoms with E-state index >= 15 is 0 Å². The Morgan fingerprint density at radius 1 is 1.07 bits per heavy atom. The highest BCUT2D eigenvalue weighted by Gasteiger charge is 2.22. The summed E-state index contributed by atoms with van der Waals surface area (Å²) in [5.74, 6) is -0.470. The van der Waals surface area contributed by atoms with Gasteiger partial charge in [0.05, 0.1) is 0 Å². The van der Waals surface area contributed by atoms with Crippen LogP contribution in [0.2, 0.25) is 0 Å². The van der Waals surface area contributed by atoms with E-state index in [1.54, 1.807) is 0 Å². The number of nitrogens with zero attached hydrogens (tertiary/aromatic N) is 4. The number of rotatable bonds is 5. The zero-order valence-corrected chi connectivity index (χ0v) is 16.1. The van der Waals surface area contributed by atoms with Crippen LogP contribution in [0.1, 0.15) is 19.3 Å². The maximum absolute atomic E-state index is 13.4. The predicted molar refractivity (Wildman–Crippen MR) is 102 cm³/mol. The monoisotopic (exact) mass is 394 g/mol. The van der Waals surface area contributed by atoms with Crippen molar-refractivity contribution in [1.29, 1.82) is 0 Å². The number of halogens is 2. The number of aromatic nitrogens is 2. The largest absolute Gasteiger partial charge is 0.381 e. The average Bonchev–Trinajstić information content (AvgIpc) is 3.20. The molecule has 1 aromatic carbocycles. The Balaban J connectivity index is 1.29. The molecule has 4 rings (SSSR count). The van der Waals surface area contributed by atoms with E-state index in [-0.39, 0.29) is 0 Å². The Hall–Kier alpha value is -1.64. The Morgan fingerprint density at radius 2 is 1.85 bits per heavy atom. The minimum atomic E-state index is -0.873. The molecule has 0 amide bonds. The van der Waals surface area contributed by atoms with Crippen LogP contribution in [0, 0.1) is 17.6 Å². The highest BCUT2D eigenvalue weighted by atomic mass is 32.1. The SMILES string of the molecule is Fc1ccc(-c2nsc(N3CCN(CCC4CCOCC4)CC3)n2)cc1F. The van der Waals surface area contributed by atoms with Crippen LogP contribution < -0.4 is 4.90 Å². The second-order valence-electron chi connectivity index (χ2n) is 7.20. The van der Waals surface area contributed by atoms with Crippen molar-refractivity contribution in [3.8, 4) is 11.4 Å². The Morgan fingerprint density at radius 3 is 2.59 bits per heavy atom. The van der Waals surface area contributed by atoms with Crippen LogP contribution in [0.4, 0.5) is 13.9 Å². The van der Waals surface area contributed by atoms with Crippen molar-refractivity contribution in [2.75, 3.05) is 50.8 Å². The van der Waals surface area contributed by atoms with Crippen molar-refractivity contribution < 1.29 is 13.5 Å². The van der Waals surface area contributed by atoms with E-state index in [1.165, 1.54) is 36.9 Å². The highest BCUT2D eigenvalue weighted by Crippen LogP contribution is 2.26. The first-order valence-electron chi connectivity index (χ1n) is 9.53. The van der Waals surface area contributed by atoms with Gasteiger partial charge in [-0.25, -0.2) is 8.78 Å². The van der Waals surface area contributed by atoms with Crippen molar-refractivity contribution in [2.45, 2.75) is 19.3 Å². The summed E-state index contributed by atoms with van der Waals surface area (Å²) in [6.45, 7) is 6.84. The van der Waals surface area contributed by atoms with Gasteiger partial charge in [-0.2, -0.15) is 9.36 Å². The van der Waals surface area contributed by atoms with E-state index in [2.05, 4.69) is 19.2 Å². The molecule has 0 radical (unpaired) electrons. The third-order valence-electron chi connectivity index (χ3n) is 5.43. The van der Waals surface area contributed by atoms with Gasteiger partial charge in [0.25, 0.3) is 0 Å². The fraction of sp³-hybridized carbons (Fsp3) is 0.579. The van der Waals surface area contributed by atoms with E-state index < -0.39 is 11.6 Å². The van der Waals surface area contributed by atoms with E-state index in [0.717, 1.165) is 69.1 Å². The van der Waals surface area contributed by atoms with Gasteiger partial charge in [-0.15, -0.1) is 0 Å². The van der Waals surface area contributed by atoms with Crippen molar-refractivity contribution >= 4 is 16.7 Å². The first kappa shape index (κ1) is 18.7. The second-order valence-corrected chi connectivity index (χ2v) is 7.93. The summed E-state index contributed by atoms with van der Waals surface area (Å²) in [6, 6.07) is 3.77. The molecule has 0 aliphatic carbocycles. The fourth-order valence-corrected chi connectivity index (χ4v) is 4.40. The molecule has 2 aromatic rings. The van der Waals surface area contributed by atoms with Gasteiger partial charge in [0.15, 0.2) is 17.5 Å². The molecule has 8 heteroatoms. The first-order valence-corrected chi connectivity index (χ1v) is 10.3. The molecule has 3 heterocycles. The minimum absolute atomic E-state index is 0.454. The molecule has 0 spiro atoms. The second kappa shape index (κ2) is 8.58. The smallest absolute Gasteiger partial charge is 0.205 e. The van der Waals surface area contributed by atoms with Crippen LogP contribution in [-0.4, -0.2) is 60.2 Å². The van der Waals surface area contributed by atoms with Gasteiger partial charge in [-0.05, 0) is 49.9 Å². The summed E-state index contributed by atoms with van der Waals surface area (Å²) in [5.41, 5.74) is 0.506. The molecule has 27 heavy (non-hydrogen) atoms. The summed E-state index contributed by atoms with van der Waals surface area (Å²) in [7, 11) is 0. The van der Waals surface area contributed by atoms with E-state index in [9.17, 15) is 8.78 Å². The summed E-state index contributed by atoms with van der Waals surface area (Å²) in [5, 5.41) is 0.846. The van der Waals surface area contributed by atoms with Crippen molar-refractivity contribution in [2.24, 2.45) is 5.92 Å². The zero-order valence-electron chi connectivity index (χ0n) is 15.2. The maximum Gasteiger partial charge on any atom is 0.205 e. The standard InChI is InChI=1S/C19H24F2N4OS/c20-16-2-1-15(13-17(16)21)18-22-19(27-23-18)25-9-7-24(8-10-25)6-3-14-4-11-26-12-5-14/h1-2,13-14H,3-12H2. The molecular formula is C19H24F2N4OS. The molecule has 0 N–H and O–H groups in total. The summed E-state index contributed by atoms with van der Waals surface area (Å²) in [4.78, 5) is 9.28. The van der Waals surface area contributed by atoms with Gasteiger partial charge < -0.3 is 9.64 Å². The molecule has 0 bridgehead atoms. The van der Waals surface area contributed by atoms with Crippen molar-refractivity contribution in [3.05, 3.63) is 29.8 Å². The summed E-state index contributed by atoms with van der Waals surface area (Å²) >= 11 is 1.31. The molecule has 1 aromatic heterocycles. The van der Waals surface area contributed by atoms with Crippen LogP contribution in [0.5, 0.6) is 0 Å². The van der Waals surface area contributed by atoms with Crippen LogP contribution >= 0.6 is 11.5 Å². The average molecular weight is 394 g/mol. The van der Waals surface area contributed by atoms with E-state index in [1.807, 2.05) is 0 Å². The molecule has 5 nitrogen and oxygen atoms in total. The van der Waals surface area contributed by atoms with Crippen LogP contribution in [-0.2, 0) is 4.74 Å². The molecule has 0 unspecified atom stereocenters. The predicted octanol–water partition coefficient (Wildman–Crippen LogP) is 3.42. The molecule has 2 fully saturated rings. The van der Waals surface area contributed by atoms with E-state index in [4.69, 9.17) is 4.74 Å². The van der Waals surface area contributed by atoms with Crippen molar-refractivity contribution in [1.82, 2.24) is 14.3 Å². The zero-order chi connectivity index (χ0) is 18.6. The number of anilines is 1. The number of hydrogen-bond acceptors (Lipinski definition) is 6. The van der Waals surface area contributed by atoms with Crippen molar-refractivity contribution in [3.63, 3.8) is 0 Å². The molecule has 0 saturated carbocycles. The molecular weight excluding hydrogens is 370 g/mol. The number of piperazine rings is 1.